The van der Waals surface area contributed by atoms with Crippen molar-refractivity contribution in [3.8, 4) is 5.75 Å². The molecule has 2 rings (SSSR count). The Bertz CT molecular complexity index is 615. The molecule has 0 radical (unpaired) electrons. The number of nitrogens with one attached hydrogen (secondary N) is 1. The average Bonchev–Trinajstić information content (AvgIpc) is 2.96. The molecular formula is C13H16FN5O2. The van der Waals surface area contributed by atoms with Crippen LogP contribution in [0.1, 0.15) is 30.0 Å². The zero-order valence-electron chi connectivity index (χ0n) is 12.0. The summed E-state index contributed by atoms with van der Waals surface area (Å²) in [6.45, 7) is 3.82. The van der Waals surface area contributed by atoms with E-state index in [4.69, 9.17) is 4.74 Å². The summed E-state index contributed by atoms with van der Waals surface area (Å²) >= 11 is 0. The summed E-state index contributed by atoms with van der Waals surface area (Å²) in [5.41, 5.74) is -0.0204. The van der Waals surface area contributed by atoms with Crippen molar-refractivity contribution in [1.29, 1.82) is 0 Å². The summed E-state index contributed by atoms with van der Waals surface area (Å²) in [7, 11) is 1.44. The maximum Gasteiger partial charge on any atom is 0.257 e. The van der Waals surface area contributed by atoms with Gasteiger partial charge in [0.15, 0.2) is 5.82 Å². The summed E-state index contributed by atoms with van der Waals surface area (Å²) in [6, 6.07) is 3.99. The Morgan fingerprint density at radius 2 is 2.24 bits per heavy atom. The standard InChI is InChI=1S/C13H16FN5O2/c1-8(2)19(7-12-15-17-18-16-12)13(20)10-5-4-9(21-3)6-11(10)14/h4-6,8H,7H2,1-3H3,(H,15,16,17,18). The molecule has 0 fully saturated rings. The van der Waals surface area contributed by atoms with E-state index >= 15 is 0 Å². The minimum atomic E-state index is -0.627. The van der Waals surface area contributed by atoms with Gasteiger partial charge in [-0.05, 0) is 26.0 Å². The number of H-pyrrole nitrogens is 1. The van der Waals surface area contributed by atoms with E-state index in [0.29, 0.717) is 11.6 Å². The maximum absolute atomic E-state index is 14.0. The normalized spacial score (nSPS) is 10.7. The fourth-order valence-electron chi connectivity index (χ4n) is 1.84. The Kier molecular flexibility index (Phi) is 4.46. The van der Waals surface area contributed by atoms with Gasteiger partial charge in [0.2, 0.25) is 0 Å². The number of methoxy groups -OCH3 is 1. The van der Waals surface area contributed by atoms with Gasteiger partial charge in [-0.25, -0.2) is 4.39 Å². The second kappa shape index (κ2) is 6.29. The van der Waals surface area contributed by atoms with Gasteiger partial charge in [-0.3, -0.25) is 4.79 Å². The van der Waals surface area contributed by atoms with Crippen molar-refractivity contribution in [2.45, 2.75) is 26.4 Å². The van der Waals surface area contributed by atoms with Crippen LogP contribution >= 0.6 is 0 Å². The number of carbonyl (C=O) groups excluding carboxylic acids is 1. The fourth-order valence-corrected chi connectivity index (χ4v) is 1.84. The number of aromatic nitrogens is 4. The highest BCUT2D eigenvalue weighted by Crippen LogP contribution is 2.19. The summed E-state index contributed by atoms with van der Waals surface area (Å²) < 4.78 is 18.9. The lowest BCUT2D eigenvalue weighted by molar-refractivity contribution is 0.0680. The molecule has 1 amide bonds. The molecule has 0 spiro atoms. The van der Waals surface area contributed by atoms with E-state index in [1.54, 1.807) is 6.07 Å². The van der Waals surface area contributed by atoms with Crippen LogP contribution in [-0.2, 0) is 6.54 Å². The number of aromatic amines is 1. The van der Waals surface area contributed by atoms with Crippen molar-refractivity contribution in [3.05, 3.63) is 35.4 Å². The first-order chi connectivity index (χ1) is 10.0. The van der Waals surface area contributed by atoms with Crippen LogP contribution in [0.3, 0.4) is 0 Å². The predicted molar refractivity (Wildman–Crippen MR) is 72.1 cm³/mol. The third-order valence-electron chi connectivity index (χ3n) is 2.99. The zero-order chi connectivity index (χ0) is 15.4. The van der Waals surface area contributed by atoms with Crippen LogP contribution in [0, 0.1) is 5.82 Å². The molecule has 0 bridgehead atoms. The molecule has 1 N–H and O–H groups in total. The molecule has 0 unspecified atom stereocenters. The lowest BCUT2D eigenvalue weighted by Gasteiger charge is -2.25. The Morgan fingerprint density at radius 3 is 2.76 bits per heavy atom. The van der Waals surface area contributed by atoms with Crippen LogP contribution in [0.5, 0.6) is 5.75 Å². The molecule has 0 aliphatic carbocycles. The second-order valence-electron chi connectivity index (χ2n) is 4.70. The van der Waals surface area contributed by atoms with Crippen LogP contribution in [0.25, 0.3) is 0 Å². The van der Waals surface area contributed by atoms with Crippen molar-refractivity contribution < 1.29 is 13.9 Å². The molecule has 21 heavy (non-hydrogen) atoms. The van der Waals surface area contributed by atoms with E-state index in [1.807, 2.05) is 13.8 Å². The van der Waals surface area contributed by atoms with Crippen LogP contribution in [0.4, 0.5) is 4.39 Å². The number of rotatable bonds is 5. The molecular weight excluding hydrogens is 277 g/mol. The number of halogens is 1. The SMILES string of the molecule is COc1ccc(C(=O)N(Cc2nn[nH]n2)C(C)C)c(F)c1. The molecule has 1 heterocycles. The Hall–Kier alpha value is -2.51. The third-order valence-corrected chi connectivity index (χ3v) is 2.99. The molecule has 1 aromatic carbocycles. The Labute approximate surface area is 121 Å². The highest BCUT2D eigenvalue weighted by atomic mass is 19.1. The predicted octanol–water partition coefficient (Wildman–Crippen LogP) is 1.40. The first kappa shape index (κ1) is 14.9. The number of hydrogen-bond donors (Lipinski definition) is 1. The number of carbonyl (C=O) groups is 1. The molecule has 0 saturated heterocycles. The molecule has 0 saturated carbocycles. The van der Waals surface area contributed by atoms with Crippen molar-refractivity contribution in [3.63, 3.8) is 0 Å². The molecule has 0 aliphatic heterocycles. The molecule has 0 aliphatic rings. The van der Waals surface area contributed by atoms with Crippen molar-refractivity contribution in [2.24, 2.45) is 0 Å². The van der Waals surface area contributed by atoms with E-state index in [2.05, 4.69) is 20.6 Å². The van der Waals surface area contributed by atoms with E-state index in [0.717, 1.165) is 0 Å². The minimum Gasteiger partial charge on any atom is -0.497 e. The van der Waals surface area contributed by atoms with Gasteiger partial charge in [0.25, 0.3) is 5.91 Å². The monoisotopic (exact) mass is 293 g/mol. The summed E-state index contributed by atoms with van der Waals surface area (Å²) in [6.07, 6.45) is 0. The number of hydrogen-bond acceptors (Lipinski definition) is 5. The molecule has 112 valence electrons. The van der Waals surface area contributed by atoms with Gasteiger partial charge in [-0.2, -0.15) is 5.21 Å². The van der Waals surface area contributed by atoms with Crippen molar-refractivity contribution in [2.75, 3.05) is 7.11 Å². The van der Waals surface area contributed by atoms with Gasteiger partial charge in [0.05, 0.1) is 19.2 Å². The lowest BCUT2D eigenvalue weighted by atomic mass is 10.1. The maximum atomic E-state index is 14.0. The largest absolute Gasteiger partial charge is 0.497 e. The number of tetrazole rings is 1. The average molecular weight is 293 g/mol. The summed E-state index contributed by atoms with van der Waals surface area (Å²) in [4.78, 5) is 14.0. The second-order valence-corrected chi connectivity index (χ2v) is 4.70. The van der Waals surface area contributed by atoms with Gasteiger partial charge < -0.3 is 9.64 Å². The van der Waals surface area contributed by atoms with Crippen LogP contribution in [0.2, 0.25) is 0 Å². The number of amides is 1. The van der Waals surface area contributed by atoms with E-state index in [1.165, 1.54) is 24.1 Å². The zero-order valence-corrected chi connectivity index (χ0v) is 12.0. The van der Waals surface area contributed by atoms with E-state index < -0.39 is 11.7 Å². The lowest BCUT2D eigenvalue weighted by Crippen LogP contribution is -2.37. The molecule has 0 atom stereocenters. The molecule has 1 aromatic heterocycles. The summed E-state index contributed by atoms with van der Waals surface area (Å²) in [5.74, 6) is -0.336. The third kappa shape index (κ3) is 3.33. The highest BCUT2D eigenvalue weighted by Gasteiger charge is 2.23. The first-order valence-electron chi connectivity index (χ1n) is 6.39. The van der Waals surface area contributed by atoms with Crippen LogP contribution < -0.4 is 4.74 Å². The van der Waals surface area contributed by atoms with E-state index in [-0.39, 0.29) is 18.2 Å². The first-order valence-corrected chi connectivity index (χ1v) is 6.39. The number of benzene rings is 1. The molecule has 8 heteroatoms. The van der Waals surface area contributed by atoms with Gasteiger partial charge in [-0.15, -0.1) is 10.2 Å². The smallest absolute Gasteiger partial charge is 0.257 e. The minimum absolute atomic E-state index is 0.0204. The van der Waals surface area contributed by atoms with Crippen LogP contribution in [-0.4, -0.2) is 44.6 Å². The van der Waals surface area contributed by atoms with Crippen LogP contribution in [0.15, 0.2) is 18.2 Å². The van der Waals surface area contributed by atoms with Gasteiger partial charge in [0.1, 0.15) is 11.6 Å². The number of nitrogens with zero attached hydrogens (tertiary/aromatic N) is 4. The summed E-state index contributed by atoms with van der Waals surface area (Å²) in [5, 5.41) is 13.4. The van der Waals surface area contributed by atoms with Gasteiger partial charge >= 0.3 is 0 Å². The number of ether oxygens (including phenoxy) is 1. The van der Waals surface area contributed by atoms with Gasteiger partial charge in [-0.1, -0.05) is 5.21 Å². The van der Waals surface area contributed by atoms with Crippen molar-refractivity contribution >= 4 is 5.91 Å². The molecule has 2 aromatic rings. The fraction of sp³-hybridized carbons (Fsp3) is 0.385. The highest BCUT2D eigenvalue weighted by molar-refractivity contribution is 5.94. The molecule has 7 nitrogen and oxygen atoms in total. The topological polar surface area (TPSA) is 84.0 Å². The Balaban J connectivity index is 2.26. The van der Waals surface area contributed by atoms with Crippen molar-refractivity contribution in [1.82, 2.24) is 25.5 Å². The quantitative estimate of drug-likeness (QED) is 0.900. The van der Waals surface area contributed by atoms with Gasteiger partial charge in [0, 0.05) is 12.1 Å². The van der Waals surface area contributed by atoms with E-state index in [9.17, 15) is 9.18 Å². The Morgan fingerprint density at radius 1 is 1.48 bits per heavy atom.